The zero-order valence-electron chi connectivity index (χ0n) is 13.5. The topological polar surface area (TPSA) is 102 Å². The number of carboxylic acids is 1. The minimum Gasteiger partial charge on any atom is -0.493 e. The van der Waals surface area contributed by atoms with Crippen LogP contribution in [0.25, 0.3) is 11.3 Å². The van der Waals surface area contributed by atoms with Gasteiger partial charge in [-0.3, -0.25) is 0 Å². The molecule has 1 saturated heterocycles. The van der Waals surface area contributed by atoms with Crippen LogP contribution < -0.4 is 15.4 Å². The first kappa shape index (κ1) is 16.2. The number of rotatable bonds is 5. The summed E-state index contributed by atoms with van der Waals surface area (Å²) in [6.45, 7) is 3.78. The Morgan fingerprint density at radius 3 is 2.96 bits per heavy atom. The lowest BCUT2D eigenvalue weighted by atomic mass is 10.1. The van der Waals surface area contributed by atoms with Crippen LogP contribution in [0.15, 0.2) is 30.5 Å². The average Bonchev–Trinajstić information content (AvgIpc) is 3.02. The van der Waals surface area contributed by atoms with Crippen molar-refractivity contribution in [2.24, 2.45) is 5.73 Å². The number of anilines is 1. The highest BCUT2D eigenvalue weighted by Gasteiger charge is 2.21. The van der Waals surface area contributed by atoms with Crippen molar-refractivity contribution in [3.63, 3.8) is 0 Å². The fourth-order valence-electron chi connectivity index (χ4n) is 2.77. The summed E-state index contributed by atoms with van der Waals surface area (Å²) in [4.78, 5) is 22.4. The Bertz CT molecular complexity index is 750. The minimum atomic E-state index is -1.03. The normalized spacial score (nSPS) is 17.1. The van der Waals surface area contributed by atoms with Crippen LogP contribution in [0.5, 0.6) is 5.75 Å². The minimum absolute atomic E-state index is 0.123. The van der Waals surface area contributed by atoms with Crippen LogP contribution in [-0.2, 0) is 0 Å². The van der Waals surface area contributed by atoms with E-state index in [1.807, 2.05) is 11.8 Å². The highest BCUT2D eigenvalue weighted by atomic mass is 16.5. The van der Waals surface area contributed by atoms with Crippen molar-refractivity contribution in [1.82, 2.24) is 9.97 Å². The van der Waals surface area contributed by atoms with Gasteiger partial charge >= 0.3 is 5.97 Å². The number of ether oxygens (including phenoxy) is 1. The first-order valence-electron chi connectivity index (χ1n) is 7.92. The smallest absolute Gasteiger partial charge is 0.339 e. The molecule has 7 heteroatoms. The third-order valence-corrected chi connectivity index (χ3v) is 3.96. The van der Waals surface area contributed by atoms with E-state index in [2.05, 4.69) is 9.97 Å². The Balaban J connectivity index is 1.94. The van der Waals surface area contributed by atoms with Crippen LogP contribution in [0.2, 0.25) is 0 Å². The molecule has 0 amide bonds. The van der Waals surface area contributed by atoms with Crippen LogP contribution >= 0.6 is 0 Å². The van der Waals surface area contributed by atoms with Gasteiger partial charge in [0.25, 0.3) is 0 Å². The molecule has 0 bridgehead atoms. The second kappa shape index (κ2) is 6.84. The Morgan fingerprint density at radius 1 is 1.46 bits per heavy atom. The second-order valence-corrected chi connectivity index (χ2v) is 5.69. The number of benzene rings is 1. The van der Waals surface area contributed by atoms with Gasteiger partial charge in [0, 0.05) is 30.9 Å². The largest absolute Gasteiger partial charge is 0.493 e. The molecule has 3 rings (SSSR count). The molecule has 0 aliphatic carbocycles. The SMILES string of the molecule is CCOc1ccc(-c2ccnc(N3CC[C@@H](N)C3)n2)cc1C(=O)O. The van der Waals surface area contributed by atoms with E-state index in [1.165, 1.54) is 0 Å². The molecule has 1 atom stereocenters. The third-order valence-electron chi connectivity index (χ3n) is 3.96. The molecule has 0 unspecified atom stereocenters. The van der Waals surface area contributed by atoms with Gasteiger partial charge in [-0.1, -0.05) is 0 Å². The summed E-state index contributed by atoms with van der Waals surface area (Å²) in [7, 11) is 0. The van der Waals surface area contributed by atoms with Crippen LogP contribution in [0.4, 0.5) is 5.95 Å². The van der Waals surface area contributed by atoms with Gasteiger partial charge in [-0.15, -0.1) is 0 Å². The Kier molecular flexibility index (Phi) is 4.61. The molecule has 1 fully saturated rings. The lowest BCUT2D eigenvalue weighted by Crippen LogP contribution is -2.27. The van der Waals surface area contributed by atoms with Crippen LogP contribution in [0.1, 0.15) is 23.7 Å². The van der Waals surface area contributed by atoms with E-state index in [0.29, 0.717) is 29.6 Å². The number of carbonyl (C=O) groups is 1. The van der Waals surface area contributed by atoms with Gasteiger partial charge in [-0.2, -0.15) is 0 Å². The fraction of sp³-hybridized carbons (Fsp3) is 0.353. The van der Waals surface area contributed by atoms with E-state index < -0.39 is 5.97 Å². The maximum Gasteiger partial charge on any atom is 0.339 e. The quantitative estimate of drug-likeness (QED) is 0.862. The fourth-order valence-corrected chi connectivity index (χ4v) is 2.77. The van der Waals surface area contributed by atoms with Crippen LogP contribution in [0.3, 0.4) is 0 Å². The van der Waals surface area contributed by atoms with Gasteiger partial charge in [-0.25, -0.2) is 14.8 Å². The van der Waals surface area contributed by atoms with Crippen LogP contribution in [0, 0.1) is 0 Å². The summed E-state index contributed by atoms with van der Waals surface area (Å²) in [5.74, 6) is -0.0557. The number of carboxylic acid groups (broad SMARTS) is 1. The lowest BCUT2D eigenvalue weighted by Gasteiger charge is -2.16. The maximum atomic E-state index is 11.5. The molecule has 2 aromatic rings. The highest BCUT2D eigenvalue weighted by molar-refractivity contribution is 5.92. The van der Waals surface area contributed by atoms with Crippen molar-refractivity contribution >= 4 is 11.9 Å². The molecule has 0 spiro atoms. The van der Waals surface area contributed by atoms with Gasteiger partial charge in [0.1, 0.15) is 11.3 Å². The van der Waals surface area contributed by atoms with Gasteiger partial charge in [0.05, 0.1) is 12.3 Å². The molecule has 2 heterocycles. The molecule has 1 aliphatic rings. The molecule has 1 aromatic heterocycles. The number of hydrogen-bond acceptors (Lipinski definition) is 6. The summed E-state index contributed by atoms with van der Waals surface area (Å²) in [6, 6.07) is 6.95. The number of aromatic nitrogens is 2. The number of nitrogens with two attached hydrogens (primary N) is 1. The molecule has 1 aliphatic heterocycles. The lowest BCUT2D eigenvalue weighted by molar-refractivity contribution is 0.0692. The van der Waals surface area contributed by atoms with E-state index in [1.54, 1.807) is 30.5 Å². The van der Waals surface area contributed by atoms with E-state index in [-0.39, 0.29) is 11.6 Å². The molecule has 1 aromatic carbocycles. The third kappa shape index (κ3) is 3.30. The number of aromatic carboxylic acids is 1. The molecular weight excluding hydrogens is 308 g/mol. The summed E-state index contributed by atoms with van der Waals surface area (Å²) in [5.41, 5.74) is 7.44. The summed E-state index contributed by atoms with van der Waals surface area (Å²) < 4.78 is 5.37. The molecule has 126 valence electrons. The van der Waals surface area contributed by atoms with Crippen molar-refractivity contribution < 1.29 is 14.6 Å². The Hall–Kier alpha value is -2.67. The summed E-state index contributed by atoms with van der Waals surface area (Å²) in [5, 5.41) is 9.39. The van der Waals surface area contributed by atoms with Gasteiger partial charge < -0.3 is 20.5 Å². The van der Waals surface area contributed by atoms with E-state index in [9.17, 15) is 9.90 Å². The molecule has 0 saturated carbocycles. The predicted octanol–water partition coefficient (Wildman–Crippen LogP) is 1.78. The standard InChI is InChI=1S/C17H20N4O3/c1-2-24-15-4-3-11(9-13(15)16(22)23)14-5-7-19-17(20-14)21-8-6-12(18)10-21/h3-5,7,9,12H,2,6,8,10,18H2,1H3,(H,22,23)/t12-/m1/s1. The van der Waals surface area contributed by atoms with Gasteiger partial charge in [0.2, 0.25) is 5.95 Å². The van der Waals surface area contributed by atoms with Crippen molar-refractivity contribution in [2.45, 2.75) is 19.4 Å². The van der Waals surface area contributed by atoms with Crippen molar-refractivity contribution in [3.05, 3.63) is 36.0 Å². The highest BCUT2D eigenvalue weighted by Crippen LogP contribution is 2.27. The number of nitrogens with zero attached hydrogens (tertiary/aromatic N) is 3. The van der Waals surface area contributed by atoms with Crippen molar-refractivity contribution in [2.75, 3.05) is 24.6 Å². The molecule has 0 radical (unpaired) electrons. The summed E-state index contributed by atoms with van der Waals surface area (Å²) >= 11 is 0. The van der Waals surface area contributed by atoms with E-state index in [0.717, 1.165) is 19.5 Å². The zero-order valence-corrected chi connectivity index (χ0v) is 13.5. The molecule has 24 heavy (non-hydrogen) atoms. The zero-order chi connectivity index (χ0) is 17.1. The number of hydrogen-bond donors (Lipinski definition) is 2. The first-order valence-corrected chi connectivity index (χ1v) is 7.92. The van der Waals surface area contributed by atoms with Crippen molar-refractivity contribution in [1.29, 1.82) is 0 Å². The molecule has 7 nitrogen and oxygen atoms in total. The molecular formula is C17H20N4O3. The maximum absolute atomic E-state index is 11.5. The van der Waals surface area contributed by atoms with Crippen LogP contribution in [-0.4, -0.2) is 46.8 Å². The Morgan fingerprint density at radius 2 is 2.29 bits per heavy atom. The predicted molar refractivity (Wildman–Crippen MR) is 90.4 cm³/mol. The summed E-state index contributed by atoms with van der Waals surface area (Å²) in [6.07, 6.45) is 2.60. The molecule has 3 N–H and O–H groups in total. The first-order chi connectivity index (χ1) is 11.6. The van der Waals surface area contributed by atoms with Crippen molar-refractivity contribution in [3.8, 4) is 17.0 Å². The van der Waals surface area contributed by atoms with E-state index in [4.69, 9.17) is 10.5 Å². The monoisotopic (exact) mass is 328 g/mol. The average molecular weight is 328 g/mol. The second-order valence-electron chi connectivity index (χ2n) is 5.69. The van der Waals surface area contributed by atoms with Gasteiger partial charge in [0.15, 0.2) is 0 Å². The Labute approximate surface area is 140 Å². The van der Waals surface area contributed by atoms with Gasteiger partial charge in [-0.05, 0) is 37.6 Å². The van der Waals surface area contributed by atoms with E-state index >= 15 is 0 Å².